The average Bonchev–Trinajstić information content (AvgIpc) is 3.02. The summed E-state index contributed by atoms with van der Waals surface area (Å²) in [5.41, 5.74) is 5.98. The minimum Gasteiger partial charge on any atom is -0.454 e. The van der Waals surface area contributed by atoms with Gasteiger partial charge in [0.05, 0.1) is 11.1 Å². The second kappa shape index (κ2) is 8.37. The number of carbonyl (C=O) groups is 2. The SMILES string of the molecule is CN1CCc2nc3ccccc3c(C(=O)OCC(=O)C=C3N(C)c4ccccc4C3(C)C)c2C1. The van der Waals surface area contributed by atoms with Crippen LogP contribution in [0.3, 0.4) is 0 Å². The van der Waals surface area contributed by atoms with Crippen LogP contribution >= 0.6 is 0 Å². The second-order valence-electron chi connectivity index (χ2n) is 9.69. The number of pyridine rings is 1. The number of hydrogen-bond donors (Lipinski definition) is 0. The van der Waals surface area contributed by atoms with E-state index in [9.17, 15) is 9.59 Å². The molecule has 6 heteroatoms. The number of ketones is 1. The van der Waals surface area contributed by atoms with Gasteiger partial charge in [-0.15, -0.1) is 0 Å². The van der Waals surface area contributed by atoms with E-state index in [0.29, 0.717) is 12.1 Å². The van der Waals surface area contributed by atoms with Crippen molar-refractivity contribution < 1.29 is 14.3 Å². The smallest absolute Gasteiger partial charge is 0.339 e. The number of para-hydroxylation sites is 2. The number of anilines is 1. The number of rotatable bonds is 4. The van der Waals surface area contributed by atoms with Crippen molar-refractivity contribution in [2.24, 2.45) is 0 Å². The van der Waals surface area contributed by atoms with Gasteiger partial charge in [0.25, 0.3) is 0 Å². The minimum absolute atomic E-state index is 0.236. The molecule has 0 saturated heterocycles. The van der Waals surface area contributed by atoms with Gasteiger partial charge in [-0.25, -0.2) is 4.79 Å². The number of carbonyl (C=O) groups excluding carboxylic acids is 2. The highest BCUT2D eigenvalue weighted by molar-refractivity contribution is 6.06. The molecule has 0 bridgehead atoms. The third-order valence-electron chi connectivity index (χ3n) is 7.03. The Morgan fingerprint density at radius 1 is 1.09 bits per heavy atom. The molecule has 0 radical (unpaired) electrons. The van der Waals surface area contributed by atoms with E-state index in [0.717, 1.165) is 46.5 Å². The van der Waals surface area contributed by atoms with Gasteiger partial charge in [-0.1, -0.05) is 50.2 Å². The molecule has 0 atom stereocenters. The van der Waals surface area contributed by atoms with Crippen LogP contribution in [0.25, 0.3) is 10.9 Å². The monoisotopic (exact) mass is 455 g/mol. The normalized spacial score (nSPS) is 18.1. The second-order valence-corrected chi connectivity index (χ2v) is 9.69. The van der Waals surface area contributed by atoms with Crippen molar-refractivity contribution in [2.45, 2.75) is 32.2 Å². The summed E-state index contributed by atoms with van der Waals surface area (Å²) >= 11 is 0. The summed E-state index contributed by atoms with van der Waals surface area (Å²) in [7, 11) is 3.99. The van der Waals surface area contributed by atoms with E-state index < -0.39 is 5.97 Å². The fraction of sp³-hybridized carbons (Fsp3) is 0.321. The number of esters is 1. The van der Waals surface area contributed by atoms with Crippen LogP contribution in [0.15, 0.2) is 60.3 Å². The lowest BCUT2D eigenvalue weighted by Gasteiger charge is -2.26. The Morgan fingerprint density at radius 3 is 2.62 bits per heavy atom. The van der Waals surface area contributed by atoms with Crippen LogP contribution < -0.4 is 4.90 Å². The topological polar surface area (TPSA) is 62.7 Å². The van der Waals surface area contributed by atoms with Crippen LogP contribution in [0.1, 0.15) is 41.0 Å². The number of allylic oxidation sites excluding steroid dienone is 1. The number of fused-ring (bicyclic) bond motifs is 3. The van der Waals surface area contributed by atoms with Crippen molar-refractivity contribution in [3.05, 3.63) is 82.7 Å². The number of aromatic nitrogens is 1. The van der Waals surface area contributed by atoms with E-state index in [4.69, 9.17) is 9.72 Å². The summed E-state index contributed by atoms with van der Waals surface area (Å²) < 4.78 is 5.59. The first kappa shape index (κ1) is 22.3. The van der Waals surface area contributed by atoms with Gasteiger partial charge in [0.2, 0.25) is 0 Å². The van der Waals surface area contributed by atoms with Gasteiger partial charge >= 0.3 is 5.97 Å². The van der Waals surface area contributed by atoms with Crippen molar-refractivity contribution in [1.29, 1.82) is 0 Å². The number of benzene rings is 2. The predicted octanol–water partition coefficient (Wildman–Crippen LogP) is 4.26. The molecule has 3 heterocycles. The molecule has 5 rings (SSSR count). The third-order valence-corrected chi connectivity index (χ3v) is 7.03. The van der Waals surface area contributed by atoms with E-state index in [1.54, 1.807) is 6.08 Å². The highest BCUT2D eigenvalue weighted by atomic mass is 16.5. The molecule has 3 aromatic rings. The van der Waals surface area contributed by atoms with Crippen molar-refractivity contribution in [3.8, 4) is 0 Å². The van der Waals surface area contributed by atoms with E-state index in [2.05, 4.69) is 30.9 Å². The predicted molar refractivity (Wildman–Crippen MR) is 133 cm³/mol. The zero-order valence-electron chi connectivity index (χ0n) is 20.1. The van der Waals surface area contributed by atoms with Gasteiger partial charge in [0.1, 0.15) is 0 Å². The molecular formula is C28H29N3O3. The lowest BCUT2D eigenvalue weighted by Crippen LogP contribution is -2.30. The Bertz CT molecular complexity index is 1340. The van der Waals surface area contributed by atoms with Crippen molar-refractivity contribution in [2.75, 3.05) is 32.1 Å². The standard InChI is InChI=1S/C28H29N3O3/c1-28(2)21-10-6-8-12-24(21)31(4)25(28)15-18(32)17-34-27(33)26-19-9-5-7-11-22(19)29-23-13-14-30(3)16-20(23)26/h5-12,15H,13-14,16-17H2,1-4H3. The maximum absolute atomic E-state index is 13.3. The molecular weight excluding hydrogens is 426 g/mol. The van der Waals surface area contributed by atoms with Crippen LogP contribution in [0.4, 0.5) is 5.69 Å². The first-order valence-corrected chi connectivity index (χ1v) is 11.6. The molecule has 1 aromatic heterocycles. The molecule has 0 N–H and O–H groups in total. The van der Waals surface area contributed by atoms with Crippen LogP contribution in [-0.2, 0) is 27.9 Å². The molecule has 0 unspecified atom stereocenters. The van der Waals surface area contributed by atoms with Gasteiger partial charge in [-0.2, -0.15) is 0 Å². The maximum Gasteiger partial charge on any atom is 0.339 e. The number of hydrogen-bond acceptors (Lipinski definition) is 6. The Balaban J connectivity index is 1.41. The average molecular weight is 456 g/mol. The fourth-order valence-electron chi connectivity index (χ4n) is 5.22. The zero-order valence-corrected chi connectivity index (χ0v) is 20.1. The third kappa shape index (κ3) is 3.68. The molecule has 2 aliphatic heterocycles. The Kier molecular flexibility index (Phi) is 5.48. The molecule has 0 aliphatic carbocycles. The van der Waals surface area contributed by atoms with Crippen LogP contribution in [0.5, 0.6) is 0 Å². The van der Waals surface area contributed by atoms with Crippen LogP contribution in [0.2, 0.25) is 0 Å². The first-order chi connectivity index (χ1) is 16.3. The van der Waals surface area contributed by atoms with Gasteiger partial charge in [-0.05, 0) is 24.7 Å². The molecule has 0 saturated carbocycles. The molecule has 0 spiro atoms. The molecule has 2 aromatic carbocycles. The number of ether oxygens (including phenoxy) is 1. The lowest BCUT2D eigenvalue weighted by atomic mass is 9.83. The quantitative estimate of drug-likeness (QED) is 0.433. The molecule has 2 aliphatic rings. The van der Waals surface area contributed by atoms with E-state index in [1.165, 1.54) is 5.56 Å². The maximum atomic E-state index is 13.3. The Labute approximate surface area is 199 Å². The Morgan fingerprint density at radius 2 is 1.82 bits per heavy atom. The van der Waals surface area contributed by atoms with E-state index >= 15 is 0 Å². The van der Waals surface area contributed by atoms with E-state index in [1.807, 2.05) is 55.4 Å². The first-order valence-electron chi connectivity index (χ1n) is 11.6. The van der Waals surface area contributed by atoms with Crippen LogP contribution in [-0.4, -0.2) is 48.9 Å². The fourth-order valence-corrected chi connectivity index (χ4v) is 5.22. The summed E-state index contributed by atoms with van der Waals surface area (Å²) in [4.78, 5) is 35.2. The number of nitrogens with zero attached hydrogens (tertiary/aromatic N) is 3. The minimum atomic E-state index is -0.473. The Hall–Kier alpha value is -3.51. The van der Waals surface area contributed by atoms with Gasteiger partial charge < -0.3 is 14.5 Å². The summed E-state index contributed by atoms with van der Waals surface area (Å²) in [5, 5.41) is 0.763. The lowest BCUT2D eigenvalue weighted by molar-refractivity contribution is -0.117. The van der Waals surface area contributed by atoms with Gasteiger partial charge in [-0.3, -0.25) is 9.78 Å². The largest absolute Gasteiger partial charge is 0.454 e. The van der Waals surface area contributed by atoms with Crippen molar-refractivity contribution >= 4 is 28.3 Å². The van der Waals surface area contributed by atoms with Crippen molar-refractivity contribution in [3.63, 3.8) is 0 Å². The highest BCUT2D eigenvalue weighted by Gasteiger charge is 2.38. The summed E-state index contributed by atoms with van der Waals surface area (Å²) in [6.07, 6.45) is 2.39. The summed E-state index contributed by atoms with van der Waals surface area (Å²) in [6, 6.07) is 15.8. The van der Waals surface area contributed by atoms with Gasteiger partial charge in [0.15, 0.2) is 12.4 Å². The van der Waals surface area contributed by atoms with Gasteiger partial charge in [0, 0.05) is 66.1 Å². The summed E-state index contributed by atoms with van der Waals surface area (Å²) in [6.45, 7) is 5.43. The van der Waals surface area contributed by atoms with Crippen molar-refractivity contribution in [1.82, 2.24) is 9.88 Å². The molecule has 0 amide bonds. The van der Waals surface area contributed by atoms with E-state index in [-0.39, 0.29) is 17.8 Å². The molecule has 6 nitrogen and oxygen atoms in total. The molecule has 34 heavy (non-hydrogen) atoms. The zero-order chi connectivity index (χ0) is 24.0. The molecule has 174 valence electrons. The number of likely N-dealkylation sites (N-methyl/N-ethyl adjacent to an activating group) is 2. The molecule has 0 fully saturated rings. The highest BCUT2D eigenvalue weighted by Crippen LogP contribution is 2.46. The summed E-state index contributed by atoms with van der Waals surface area (Å²) in [5.74, 6) is -0.709. The van der Waals surface area contributed by atoms with Crippen LogP contribution in [0, 0.1) is 0 Å².